The Hall–Kier alpha value is -1.06. The zero-order valence-electron chi connectivity index (χ0n) is 12.6. The van der Waals surface area contributed by atoms with Gasteiger partial charge >= 0.3 is 0 Å². The van der Waals surface area contributed by atoms with Crippen molar-refractivity contribution in [2.24, 2.45) is 0 Å². The molecule has 0 bridgehead atoms. The summed E-state index contributed by atoms with van der Waals surface area (Å²) < 4.78 is 5.79. The fraction of sp³-hybridized carbons (Fsp3) is 0.625. The summed E-state index contributed by atoms with van der Waals surface area (Å²) in [5.41, 5.74) is 2.86. The Morgan fingerprint density at radius 3 is 2.68 bits per heavy atom. The van der Waals surface area contributed by atoms with E-state index in [2.05, 4.69) is 62.3 Å². The lowest BCUT2D eigenvalue weighted by atomic mass is 9.85. The van der Waals surface area contributed by atoms with Crippen molar-refractivity contribution in [1.82, 2.24) is 5.32 Å². The molecule has 1 N–H and O–H groups in total. The molecule has 3 nitrogen and oxygen atoms in total. The van der Waals surface area contributed by atoms with E-state index in [-0.39, 0.29) is 11.5 Å². The molecular weight excluding hydrogens is 236 g/mol. The highest BCUT2D eigenvalue weighted by molar-refractivity contribution is 5.55. The first-order valence-corrected chi connectivity index (χ1v) is 7.11. The quantitative estimate of drug-likeness (QED) is 0.905. The molecular formula is C16H26N2O. The minimum Gasteiger partial charge on any atom is -0.374 e. The maximum atomic E-state index is 5.79. The number of hydrogen-bond acceptors (Lipinski definition) is 3. The van der Waals surface area contributed by atoms with E-state index in [1.807, 2.05) is 0 Å². The van der Waals surface area contributed by atoms with Crippen LogP contribution >= 0.6 is 0 Å². The van der Waals surface area contributed by atoms with Gasteiger partial charge in [0.15, 0.2) is 0 Å². The summed E-state index contributed by atoms with van der Waals surface area (Å²) in [4.78, 5) is 2.32. The van der Waals surface area contributed by atoms with Crippen LogP contribution in [0.25, 0.3) is 0 Å². The standard InChI is InChI=1S/C16H26N2O/c1-16(2,3)14-7-5-6-8-15(14)18(4)12-13-11-17-9-10-19-13/h5-8,13,17H,9-12H2,1-4H3. The largest absolute Gasteiger partial charge is 0.374 e. The molecule has 1 atom stereocenters. The molecule has 1 aliphatic heterocycles. The average molecular weight is 262 g/mol. The minimum atomic E-state index is 0.163. The lowest BCUT2D eigenvalue weighted by Gasteiger charge is -2.32. The first-order chi connectivity index (χ1) is 8.98. The van der Waals surface area contributed by atoms with Gasteiger partial charge in [0.2, 0.25) is 0 Å². The van der Waals surface area contributed by atoms with Gasteiger partial charge in [-0.15, -0.1) is 0 Å². The number of likely N-dealkylation sites (N-methyl/N-ethyl adjacent to an activating group) is 1. The van der Waals surface area contributed by atoms with Gasteiger partial charge in [-0.3, -0.25) is 0 Å². The summed E-state index contributed by atoms with van der Waals surface area (Å²) in [5, 5.41) is 3.38. The molecule has 0 aliphatic carbocycles. The molecule has 0 radical (unpaired) electrons. The Kier molecular flexibility index (Phi) is 4.48. The van der Waals surface area contributed by atoms with Crippen molar-refractivity contribution in [1.29, 1.82) is 0 Å². The maximum absolute atomic E-state index is 5.79. The summed E-state index contributed by atoms with van der Waals surface area (Å²) in [6.07, 6.45) is 0.284. The number of morpholine rings is 1. The van der Waals surface area contributed by atoms with Crippen LogP contribution in [-0.2, 0) is 10.2 Å². The zero-order chi connectivity index (χ0) is 13.9. The van der Waals surface area contributed by atoms with Crippen LogP contribution in [0.3, 0.4) is 0 Å². The number of anilines is 1. The van der Waals surface area contributed by atoms with E-state index in [1.54, 1.807) is 0 Å². The SMILES string of the molecule is CN(CC1CNCCO1)c1ccccc1C(C)(C)C. The number of nitrogens with zero attached hydrogens (tertiary/aromatic N) is 1. The van der Waals surface area contributed by atoms with Gasteiger partial charge in [0.1, 0.15) is 0 Å². The number of benzene rings is 1. The van der Waals surface area contributed by atoms with Crippen LogP contribution in [0.5, 0.6) is 0 Å². The number of nitrogens with one attached hydrogen (secondary N) is 1. The van der Waals surface area contributed by atoms with E-state index in [1.165, 1.54) is 11.3 Å². The molecule has 1 unspecified atom stereocenters. The third-order valence-electron chi connectivity index (χ3n) is 3.61. The molecule has 0 aromatic heterocycles. The highest BCUT2D eigenvalue weighted by Crippen LogP contribution is 2.31. The van der Waals surface area contributed by atoms with Gasteiger partial charge in [0.25, 0.3) is 0 Å². The van der Waals surface area contributed by atoms with Gasteiger partial charge < -0.3 is 15.0 Å². The average Bonchev–Trinajstić information content (AvgIpc) is 2.39. The molecule has 0 amide bonds. The van der Waals surface area contributed by atoms with Crippen molar-refractivity contribution in [3.8, 4) is 0 Å². The van der Waals surface area contributed by atoms with E-state index < -0.39 is 0 Å². The Morgan fingerprint density at radius 1 is 1.32 bits per heavy atom. The van der Waals surface area contributed by atoms with Crippen LogP contribution in [0.2, 0.25) is 0 Å². The molecule has 1 heterocycles. The molecule has 2 rings (SSSR count). The number of para-hydroxylation sites is 1. The molecule has 19 heavy (non-hydrogen) atoms. The molecule has 1 aromatic carbocycles. The van der Waals surface area contributed by atoms with Crippen LogP contribution in [0.4, 0.5) is 5.69 Å². The lowest BCUT2D eigenvalue weighted by Crippen LogP contribution is -2.44. The highest BCUT2D eigenvalue weighted by atomic mass is 16.5. The molecule has 1 saturated heterocycles. The second kappa shape index (κ2) is 5.93. The Morgan fingerprint density at radius 2 is 2.05 bits per heavy atom. The van der Waals surface area contributed by atoms with E-state index in [9.17, 15) is 0 Å². The molecule has 1 aliphatic rings. The van der Waals surface area contributed by atoms with Crippen molar-refractivity contribution < 1.29 is 4.74 Å². The van der Waals surface area contributed by atoms with Crippen LogP contribution < -0.4 is 10.2 Å². The smallest absolute Gasteiger partial charge is 0.0874 e. The first kappa shape index (κ1) is 14.4. The van der Waals surface area contributed by atoms with Gasteiger partial charge in [-0.05, 0) is 17.0 Å². The summed E-state index contributed by atoms with van der Waals surface area (Å²) in [6, 6.07) is 8.67. The summed E-state index contributed by atoms with van der Waals surface area (Å²) in [6.45, 7) is 10.5. The van der Waals surface area contributed by atoms with Crippen molar-refractivity contribution in [3.63, 3.8) is 0 Å². The lowest BCUT2D eigenvalue weighted by molar-refractivity contribution is 0.0340. The normalized spacial score (nSPS) is 20.3. The maximum Gasteiger partial charge on any atom is 0.0874 e. The highest BCUT2D eigenvalue weighted by Gasteiger charge is 2.21. The van der Waals surface area contributed by atoms with Gasteiger partial charge in [0, 0.05) is 32.4 Å². The molecule has 0 saturated carbocycles. The first-order valence-electron chi connectivity index (χ1n) is 7.11. The third kappa shape index (κ3) is 3.71. The van der Waals surface area contributed by atoms with Crippen LogP contribution in [0.15, 0.2) is 24.3 Å². The fourth-order valence-corrected chi connectivity index (χ4v) is 2.58. The van der Waals surface area contributed by atoms with Gasteiger partial charge in [-0.25, -0.2) is 0 Å². The van der Waals surface area contributed by atoms with Crippen molar-refractivity contribution in [3.05, 3.63) is 29.8 Å². The molecule has 106 valence electrons. The third-order valence-corrected chi connectivity index (χ3v) is 3.61. The summed E-state index contributed by atoms with van der Waals surface area (Å²) >= 11 is 0. The molecule has 1 aromatic rings. The summed E-state index contributed by atoms with van der Waals surface area (Å²) in [7, 11) is 2.16. The fourth-order valence-electron chi connectivity index (χ4n) is 2.58. The topological polar surface area (TPSA) is 24.5 Å². The molecule has 3 heteroatoms. The zero-order valence-corrected chi connectivity index (χ0v) is 12.6. The van der Waals surface area contributed by atoms with Gasteiger partial charge in [-0.1, -0.05) is 39.0 Å². The predicted molar refractivity (Wildman–Crippen MR) is 81.0 cm³/mol. The number of rotatable bonds is 3. The monoisotopic (exact) mass is 262 g/mol. The second-order valence-electron chi connectivity index (χ2n) is 6.34. The van der Waals surface area contributed by atoms with Crippen molar-refractivity contribution >= 4 is 5.69 Å². The minimum absolute atomic E-state index is 0.163. The second-order valence-corrected chi connectivity index (χ2v) is 6.34. The van der Waals surface area contributed by atoms with Crippen LogP contribution in [0, 0.1) is 0 Å². The van der Waals surface area contributed by atoms with E-state index >= 15 is 0 Å². The van der Waals surface area contributed by atoms with Gasteiger partial charge in [-0.2, -0.15) is 0 Å². The Balaban J connectivity index is 2.12. The number of hydrogen-bond donors (Lipinski definition) is 1. The number of ether oxygens (including phenoxy) is 1. The summed E-state index contributed by atoms with van der Waals surface area (Å²) in [5.74, 6) is 0. The van der Waals surface area contributed by atoms with Crippen LogP contribution in [0.1, 0.15) is 26.3 Å². The predicted octanol–water partition coefficient (Wildman–Crippen LogP) is 2.41. The Bertz CT molecular complexity index is 405. The van der Waals surface area contributed by atoms with Crippen LogP contribution in [-0.4, -0.2) is 39.4 Å². The molecule has 0 spiro atoms. The molecule has 1 fully saturated rings. The van der Waals surface area contributed by atoms with Crippen molar-refractivity contribution in [2.75, 3.05) is 38.2 Å². The van der Waals surface area contributed by atoms with E-state index in [0.717, 1.165) is 26.2 Å². The van der Waals surface area contributed by atoms with E-state index in [4.69, 9.17) is 4.74 Å². The Labute approximate surface area is 116 Å². The van der Waals surface area contributed by atoms with E-state index in [0.29, 0.717) is 0 Å². The van der Waals surface area contributed by atoms with Gasteiger partial charge in [0.05, 0.1) is 12.7 Å². The van der Waals surface area contributed by atoms with Crippen molar-refractivity contribution in [2.45, 2.75) is 32.3 Å².